The number of carbonyl (C=O) groups excluding carboxylic acids is 2. The van der Waals surface area contributed by atoms with E-state index in [0.29, 0.717) is 36.2 Å². The van der Waals surface area contributed by atoms with E-state index in [1.165, 1.54) is 6.20 Å². The van der Waals surface area contributed by atoms with Gasteiger partial charge in [-0.25, -0.2) is 9.31 Å². The molecule has 1 N–H and O–H groups in total. The molecule has 2 rings (SSSR count). The Morgan fingerprint density at radius 3 is 2.58 bits per heavy atom. The SMILES string of the molecule is CCOC(=O)c1cnn2ccc(NC(=O)CC(C)(C)C)c(CC)c12. The third-order valence-corrected chi connectivity index (χ3v) is 3.60. The lowest BCUT2D eigenvalue weighted by atomic mass is 9.92. The fourth-order valence-electron chi connectivity index (χ4n) is 2.66. The van der Waals surface area contributed by atoms with Gasteiger partial charge in [-0.3, -0.25) is 4.79 Å². The Morgan fingerprint density at radius 1 is 1.29 bits per heavy atom. The van der Waals surface area contributed by atoms with Crippen LogP contribution in [0.25, 0.3) is 5.52 Å². The number of nitrogens with one attached hydrogen (secondary N) is 1. The predicted molar refractivity (Wildman–Crippen MR) is 93.2 cm³/mol. The zero-order chi connectivity index (χ0) is 17.9. The van der Waals surface area contributed by atoms with Crippen LogP contribution in [-0.4, -0.2) is 28.1 Å². The molecule has 0 spiro atoms. The highest BCUT2D eigenvalue weighted by atomic mass is 16.5. The Bertz CT molecular complexity index is 757. The molecule has 0 aromatic carbocycles. The van der Waals surface area contributed by atoms with Crippen molar-refractivity contribution < 1.29 is 14.3 Å². The maximum atomic E-state index is 12.3. The number of esters is 1. The minimum atomic E-state index is -0.402. The van der Waals surface area contributed by atoms with E-state index >= 15 is 0 Å². The first-order chi connectivity index (χ1) is 11.3. The lowest BCUT2D eigenvalue weighted by Gasteiger charge is -2.18. The molecule has 1 amide bonds. The highest BCUT2D eigenvalue weighted by Gasteiger charge is 2.21. The molecule has 0 radical (unpaired) electrons. The summed E-state index contributed by atoms with van der Waals surface area (Å²) < 4.78 is 6.74. The Labute approximate surface area is 142 Å². The van der Waals surface area contributed by atoms with Gasteiger partial charge in [0.2, 0.25) is 5.91 Å². The molecule has 24 heavy (non-hydrogen) atoms. The van der Waals surface area contributed by atoms with Crippen molar-refractivity contribution in [1.29, 1.82) is 0 Å². The molecule has 0 aliphatic heterocycles. The van der Waals surface area contributed by atoms with Crippen molar-refractivity contribution in [2.45, 2.75) is 47.5 Å². The van der Waals surface area contributed by atoms with Crippen LogP contribution in [0.1, 0.15) is 57.0 Å². The fraction of sp³-hybridized carbons (Fsp3) is 0.500. The first-order valence-electron chi connectivity index (χ1n) is 8.23. The van der Waals surface area contributed by atoms with Gasteiger partial charge in [-0.2, -0.15) is 5.10 Å². The van der Waals surface area contributed by atoms with Crippen molar-refractivity contribution in [3.63, 3.8) is 0 Å². The van der Waals surface area contributed by atoms with Crippen LogP contribution < -0.4 is 5.32 Å². The maximum Gasteiger partial charge on any atom is 0.341 e. The van der Waals surface area contributed by atoms with E-state index in [0.717, 1.165) is 5.56 Å². The third kappa shape index (κ3) is 3.93. The first kappa shape index (κ1) is 18.0. The normalized spacial score (nSPS) is 11.5. The van der Waals surface area contributed by atoms with Crippen molar-refractivity contribution in [3.05, 3.63) is 29.6 Å². The van der Waals surface area contributed by atoms with E-state index in [9.17, 15) is 9.59 Å². The number of hydrogen-bond acceptors (Lipinski definition) is 4. The summed E-state index contributed by atoms with van der Waals surface area (Å²) in [5, 5.41) is 7.18. The minimum Gasteiger partial charge on any atom is -0.462 e. The number of nitrogens with zero attached hydrogens (tertiary/aromatic N) is 2. The lowest BCUT2D eigenvalue weighted by Crippen LogP contribution is -2.20. The van der Waals surface area contributed by atoms with Crippen molar-refractivity contribution in [1.82, 2.24) is 9.61 Å². The summed E-state index contributed by atoms with van der Waals surface area (Å²) >= 11 is 0. The number of aromatic nitrogens is 2. The van der Waals surface area contributed by atoms with Crippen LogP contribution in [0.3, 0.4) is 0 Å². The van der Waals surface area contributed by atoms with Crippen molar-refractivity contribution in [3.8, 4) is 0 Å². The lowest BCUT2D eigenvalue weighted by molar-refractivity contribution is -0.117. The van der Waals surface area contributed by atoms with Crippen LogP contribution in [0.15, 0.2) is 18.5 Å². The van der Waals surface area contributed by atoms with E-state index in [1.54, 1.807) is 17.6 Å². The Kier molecular flexibility index (Phi) is 5.26. The molecule has 0 aliphatic carbocycles. The highest BCUT2D eigenvalue weighted by Crippen LogP contribution is 2.26. The molecule has 6 nitrogen and oxygen atoms in total. The molecule has 0 atom stereocenters. The number of anilines is 1. The monoisotopic (exact) mass is 331 g/mol. The van der Waals surface area contributed by atoms with Crippen LogP contribution in [0.4, 0.5) is 5.69 Å². The summed E-state index contributed by atoms with van der Waals surface area (Å²) in [5.41, 5.74) is 2.60. The Balaban J connectivity index is 2.43. The van der Waals surface area contributed by atoms with Crippen molar-refractivity contribution in [2.24, 2.45) is 5.41 Å². The van der Waals surface area contributed by atoms with Crippen LogP contribution in [0.2, 0.25) is 0 Å². The van der Waals surface area contributed by atoms with Gasteiger partial charge in [0, 0.05) is 23.9 Å². The van der Waals surface area contributed by atoms with Crippen molar-refractivity contribution >= 4 is 23.1 Å². The van der Waals surface area contributed by atoms with Gasteiger partial charge in [0.1, 0.15) is 5.56 Å². The van der Waals surface area contributed by atoms with Crippen LogP contribution in [0, 0.1) is 5.41 Å². The molecule has 2 aromatic rings. The summed E-state index contributed by atoms with van der Waals surface area (Å²) in [7, 11) is 0. The predicted octanol–water partition coefficient (Wildman–Crippen LogP) is 3.45. The van der Waals surface area contributed by atoms with Gasteiger partial charge >= 0.3 is 5.97 Å². The molecule has 0 aliphatic rings. The molecule has 2 heterocycles. The topological polar surface area (TPSA) is 72.7 Å². The number of hydrogen-bond donors (Lipinski definition) is 1. The first-order valence-corrected chi connectivity index (χ1v) is 8.23. The average Bonchev–Trinajstić information content (AvgIpc) is 2.89. The number of fused-ring (bicyclic) bond motifs is 1. The van der Waals surface area contributed by atoms with Gasteiger partial charge in [-0.05, 0) is 24.8 Å². The number of pyridine rings is 1. The summed E-state index contributed by atoms with van der Waals surface area (Å²) in [6.07, 6.45) is 4.33. The number of amides is 1. The van der Waals surface area contributed by atoms with Gasteiger partial charge in [0.05, 0.1) is 18.3 Å². The van der Waals surface area contributed by atoms with E-state index in [1.807, 2.05) is 33.8 Å². The zero-order valence-corrected chi connectivity index (χ0v) is 15.0. The van der Waals surface area contributed by atoms with E-state index in [-0.39, 0.29) is 11.3 Å². The summed E-state index contributed by atoms with van der Waals surface area (Å²) in [4.78, 5) is 24.4. The highest BCUT2D eigenvalue weighted by molar-refractivity contribution is 6.00. The van der Waals surface area contributed by atoms with Crippen molar-refractivity contribution in [2.75, 3.05) is 11.9 Å². The van der Waals surface area contributed by atoms with Gasteiger partial charge in [-0.1, -0.05) is 27.7 Å². The van der Waals surface area contributed by atoms with Gasteiger partial charge in [-0.15, -0.1) is 0 Å². The van der Waals surface area contributed by atoms with E-state index in [4.69, 9.17) is 4.74 Å². The Morgan fingerprint density at radius 2 is 2.00 bits per heavy atom. The maximum absolute atomic E-state index is 12.3. The molecular formula is C18H25N3O3. The zero-order valence-electron chi connectivity index (χ0n) is 15.0. The van der Waals surface area contributed by atoms with Crippen LogP contribution >= 0.6 is 0 Å². The minimum absolute atomic E-state index is 0.0428. The quantitative estimate of drug-likeness (QED) is 0.852. The summed E-state index contributed by atoms with van der Waals surface area (Å²) in [5.74, 6) is -0.445. The second-order valence-corrected chi connectivity index (χ2v) is 6.92. The largest absolute Gasteiger partial charge is 0.462 e. The number of rotatable bonds is 5. The number of carbonyl (C=O) groups is 2. The smallest absolute Gasteiger partial charge is 0.341 e. The molecule has 0 unspecified atom stereocenters. The molecule has 6 heteroatoms. The third-order valence-electron chi connectivity index (χ3n) is 3.60. The fourth-order valence-corrected chi connectivity index (χ4v) is 2.66. The molecule has 0 saturated carbocycles. The van der Waals surface area contributed by atoms with Gasteiger partial charge < -0.3 is 10.1 Å². The molecule has 130 valence electrons. The number of ether oxygens (including phenoxy) is 1. The molecule has 0 saturated heterocycles. The standard InChI is InChI=1S/C18H25N3O3/c1-6-12-14(20-15(22)10-18(3,4)5)8-9-21-16(12)13(11-19-21)17(23)24-7-2/h8-9,11H,6-7,10H2,1-5H3,(H,20,22). The second-order valence-electron chi connectivity index (χ2n) is 6.92. The van der Waals surface area contributed by atoms with Crippen LogP contribution in [0.5, 0.6) is 0 Å². The molecule has 0 bridgehead atoms. The van der Waals surface area contributed by atoms with Crippen LogP contribution in [-0.2, 0) is 16.0 Å². The summed E-state index contributed by atoms with van der Waals surface area (Å²) in [6.45, 7) is 10.1. The second kappa shape index (κ2) is 7.03. The van der Waals surface area contributed by atoms with E-state index < -0.39 is 5.97 Å². The van der Waals surface area contributed by atoms with Gasteiger partial charge in [0.25, 0.3) is 0 Å². The molecular weight excluding hydrogens is 306 g/mol. The average molecular weight is 331 g/mol. The Hall–Kier alpha value is -2.37. The van der Waals surface area contributed by atoms with E-state index in [2.05, 4.69) is 10.4 Å². The molecule has 2 aromatic heterocycles. The van der Waals surface area contributed by atoms with Gasteiger partial charge in [0.15, 0.2) is 0 Å². The summed E-state index contributed by atoms with van der Waals surface area (Å²) in [6, 6.07) is 1.81. The molecule has 0 fully saturated rings. The number of aryl methyl sites for hydroxylation is 1.